The van der Waals surface area contributed by atoms with Gasteiger partial charge in [-0.2, -0.15) is 5.26 Å². The van der Waals surface area contributed by atoms with E-state index in [1.807, 2.05) is 0 Å². The Morgan fingerprint density at radius 2 is 2.00 bits per heavy atom. The van der Waals surface area contributed by atoms with E-state index in [1.54, 1.807) is 18.5 Å². The largest absolute Gasteiger partial charge is 0.264 e. The van der Waals surface area contributed by atoms with Gasteiger partial charge in [-0.05, 0) is 11.5 Å². The summed E-state index contributed by atoms with van der Waals surface area (Å²) in [5, 5.41) is 17.9. The Balaban J connectivity index is 2.91. The second kappa shape index (κ2) is 3.53. The van der Waals surface area contributed by atoms with Gasteiger partial charge in [-0.15, -0.1) is 10.2 Å². The molecule has 0 N–H and O–H groups in total. The Bertz CT molecular complexity index is 576. The van der Waals surface area contributed by atoms with Crippen molar-refractivity contribution in [2.45, 2.75) is 26.2 Å². The summed E-state index contributed by atoms with van der Waals surface area (Å²) in [5.41, 5.74) is 1.92. The van der Waals surface area contributed by atoms with E-state index in [1.165, 1.54) is 0 Å². The van der Waals surface area contributed by atoms with Crippen molar-refractivity contribution in [3.05, 3.63) is 29.7 Å². The number of fused-ring (bicyclic) bond motifs is 1. The minimum absolute atomic E-state index is 0.151. The van der Waals surface area contributed by atoms with E-state index in [0.717, 1.165) is 16.5 Å². The molecule has 0 aliphatic rings. The minimum Gasteiger partial charge on any atom is -0.264 e. The fourth-order valence-corrected chi connectivity index (χ4v) is 1.79. The molecule has 0 saturated heterocycles. The fourth-order valence-electron chi connectivity index (χ4n) is 1.79. The molecule has 80 valence electrons. The number of hydrogen-bond acceptors (Lipinski definition) is 4. The van der Waals surface area contributed by atoms with E-state index in [9.17, 15) is 0 Å². The molecule has 0 fully saturated rings. The zero-order chi connectivity index (χ0) is 11.8. The average molecular weight is 212 g/mol. The van der Waals surface area contributed by atoms with E-state index in [0.29, 0.717) is 5.69 Å². The second-order valence-electron chi connectivity index (χ2n) is 4.68. The quantitative estimate of drug-likeness (QED) is 0.671. The van der Waals surface area contributed by atoms with Crippen LogP contribution in [-0.2, 0) is 5.41 Å². The van der Waals surface area contributed by atoms with E-state index < -0.39 is 0 Å². The predicted molar refractivity (Wildman–Crippen MR) is 60.7 cm³/mol. The monoisotopic (exact) mass is 212 g/mol. The molecule has 0 spiro atoms. The molecule has 16 heavy (non-hydrogen) atoms. The summed E-state index contributed by atoms with van der Waals surface area (Å²) in [5.74, 6) is 0. The van der Waals surface area contributed by atoms with Crippen LogP contribution in [0.15, 0.2) is 18.5 Å². The summed E-state index contributed by atoms with van der Waals surface area (Å²) < 4.78 is 0. The maximum absolute atomic E-state index is 9.07. The molecule has 0 unspecified atom stereocenters. The van der Waals surface area contributed by atoms with Crippen molar-refractivity contribution < 1.29 is 0 Å². The Morgan fingerprint density at radius 3 is 2.62 bits per heavy atom. The third kappa shape index (κ3) is 1.61. The highest BCUT2D eigenvalue weighted by Crippen LogP contribution is 2.30. The van der Waals surface area contributed by atoms with Crippen LogP contribution in [0.5, 0.6) is 0 Å². The van der Waals surface area contributed by atoms with Gasteiger partial charge in [-0.25, -0.2) is 0 Å². The number of pyridine rings is 1. The molecule has 2 rings (SSSR count). The van der Waals surface area contributed by atoms with Gasteiger partial charge in [-0.1, -0.05) is 20.8 Å². The van der Waals surface area contributed by atoms with Crippen molar-refractivity contribution in [1.82, 2.24) is 15.2 Å². The van der Waals surface area contributed by atoms with Crippen LogP contribution in [0.1, 0.15) is 32.0 Å². The topological polar surface area (TPSA) is 62.5 Å². The highest BCUT2D eigenvalue weighted by Gasteiger charge is 2.22. The summed E-state index contributed by atoms with van der Waals surface area (Å²) in [7, 11) is 0. The van der Waals surface area contributed by atoms with Crippen molar-refractivity contribution >= 4 is 10.9 Å². The van der Waals surface area contributed by atoms with Crippen LogP contribution >= 0.6 is 0 Å². The molecule has 0 amide bonds. The van der Waals surface area contributed by atoms with Crippen LogP contribution in [0.2, 0.25) is 0 Å². The molecular formula is C12H12N4. The zero-order valence-electron chi connectivity index (χ0n) is 9.52. The maximum Gasteiger partial charge on any atom is 0.167 e. The number of aromatic nitrogens is 3. The highest BCUT2D eigenvalue weighted by atomic mass is 15.1. The summed E-state index contributed by atoms with van der Waals surface area (Å²) in [6.07, 6.45) is 3.42. The van der Waals surface area contributed by atoms with Gasteiger partial charge in [0.1, 0.15) is 6.07 Å². The number of nitriles is 1. The molecule has 2 aromatic heterocycles. The molecule has 0 aliphatic heterocycles. The van der Waals surface area contributed by atoms with Crippen molar-refractivity contribution in [3.63, 3.8) is 0 Å². The fraction of sp³-hybridized carbons (Fsp3) is 0.333. The Hall–Kier alpha value is -2.02. The van der Waals surface area contributed by atoms with E-state index in [4.69, 9.17) is 5.26 Å². The molecule has 0 aromatic carbocycles. The molecule has 0 bridgehead atoms. The Kier molecular flexibility index (Phi) is 2.31. The second-order valence-corrected chi connectivity index (χ2v) is 4.68. The summed E-state index contributed by atoms with van der Waals surface area (Å²) in [6, 6.07) is 3.90. The van der Waals surface area contributed by atoms with Gasteiger partial charge in [0.15, 0.2) is 5.69 Å². The lowest BCUT2D eigenvalue weighted by Gasteiger charge is -2.21. The molecule has 0 atom stereocenters. The Labute approximate surface area is 94.0 Å². The van der Waals surface area contributed by atoms with Gasteiger partial charge in [0.25, 0.3) is 0 Å². The van der Waals surface area contributed by atoms with E-state index in [-0.39, 0.29) is 5.41 Å². The molecule has 0 saturated carbocycles. The Morgan fingerprint density at radius 1 is 1.25 bits per heavy atom. The van der Waals surface area contributed by atoms with E-state index in [2.05, 4.69) is 42.0 Å². The highest BCUT2D eigenvalue weighted by molar-refractivity contribution is 5.82. The van der Waals surface area contributed by atoms with Gasteiger partial charge in [0, 0.05) is 23.3 Å². The first-order valence-corrected chi connectivity index (χ1v) is 5.05. The number of nitrogens with zero attached hydrogens (tertiary/aromatic N) is 4. The standard InChI is InChI=1S/C12H12N4/c1-12(2,3)11-8-7-14-5-4-9(8)15-16-10(11)6-13/h4-5,7H,1-3H3. The lowest BCUT2D eigenvalue weighted by molar-refractivity contribution is 0.589. The van der Waals surface area contributed by atoms with Crippen LogP contribution in [0.3, 0.4) is 0 Å². The molecule has 2 heterocycles. The van der Waals surface area contributed by atoms with Crippen molar-refractivity contribution in [1.29, 1.82) is 5.26 Å². The smallest absolute Gasteiger partial charge is 0.167 e. The molecule has 4 nitrogen and oxygen atoms in total. The van der Waals surface area contributed by atoms with Gasteiger partial charge >= 0.3 is 0 Å². The summed E-state index contributed by atoms with van der Waals surface area (Å²) in [6.45, 7) is 6.16. The molecular weight excluding hydrogens is 200 g/mol. The predicted octanol–water partition coefficient (Wildman–Crippen LogP) is 2.19. The third-order valence-electron chi connectivity index (χ3n) is 2.42. The molecule has 0 aliphatic carbocycles. The SMILES string of the molecule is CC(C)(C)c1c(C#N)nnc2ccncc12. The van der Waals surface area contributed by atoms with Gasteiger partial charge in [-0.3, -0.25) is 4.98 Å². The van der Waals surface area contributed by atoms with E-state index >= 15 is 0 Å². The average Bonchev–Trinajstić information content (AvgIpc) is 2.26. The first-order valence-electron chi connectivity index (χ1n) is 5.05. The maximum atomic E-state index is 9.07. The van der Waals surface area contributed by atoms with Crippen LogP contribution in [0.25, 0.3) is 10.9 Å². The first kappa shape index (κ1) is 10.5. The molecule has 0 radical (unpaired) electrons. The first-order chi connectivity index (χ1) is 7.54. The summed E-state index contributed by atoms with van der Waals surface area (Å²) >= 11 is 0. The lowest BCUT2D eigenvalue weighted by Crippen LogP contribution is -2.16. The van der Waals surface area contributed by atoms with Crippen LogP contribution in [-0.4, -0.2) is 15.2 Å². The number of rotatable bonds is 0. The lowest BCUT2D eigenvalue weighted by atomic mass is 9.84. The minimum atomic E-state index is -0.151. The summed E-state index contributed by atoms with van der Waals surface area (Å²) in [4.78, 5) is 4.09. The molecule has 2 aromatic rings. The van der Waals surface area contributed by atoms with Crippen molar-refractivity contribution in [2.24, 2.45) is 0 Å². The van der Waals surface area contributed by atoms with Crippen LogP contribution < -0.4 is 0 Å². The third-order valence-corrected chi connectivity index (χ3v) is 2.42. The van der Waals surface area contributed by atoms with Crippen LogP contribution in [0, 0.1) is 11.3 Å². The van der Waals surface area contributed by atoms with Crippen molar-refractivity contribution in [3.8, 4) is 6.07 Å². The number of hydrogen-bond donors (Lipinski definition) is 0. The van der Waals surface area contributed by atoms with Crippen molar-refractivity contribution in [2.75, 3.05) is 0 Å². The molecule has 4 heteroatoms. The zero-order valence-corrected chi connectivity index (χ0v) is 9.52. The van der Waals surface area contributed by atoms with Crippen LogP contribution in [0.4, 0.5) is 0 Å². The van der Waals surface area contributed by atoms with Gasteiger partial charge in [0.05, 0.1) is 5.52 Å². The van der Waals surface area contributed by atoms with Gasteiger partial charge < -0.3 is 0 Å². The van der Waals surface area contributed by atoms with Gasteiger partial charge in [0.2, 0.25) is 0 Å². The normalized spacial score (nSPS) is 11.4.